The number of benzene rings is 1. The minimum Gasteiger partial charge on any atom is -0.444 e. The van der Waals surface area contributed by atoms with Crippen molar-refractivity contribution in [2.24, 2.45) is 4.99 Å². The summed E-state index contributed by atoms with van der Waals surface area (Å²) < 4.78 is 5.51. The summed E-state index contributed by atoms with van der Waals surface area (Å²) in [6, 6.07) is 6.12. The number of carbonyl (C=O) groups excluding carboxylic acids is 1. The summed E-state index contributed by atoms with van der Waals surface area (Å²) in [4.78, 5) is 24.4. The van der Waals surface area contributed by atoms with Crippen molar-refractivity contribution < 1.29 is 9.53 Å². The summed E-state index contributed by atoms with van der Waals surface area (Å²) in [5.41, 5.74) is 1.86. The number of fused-ring (bicyclic) bond motifs is 2. The van der Waals surface area contributed by atoms with Crippen LogP contribution in [0.1, 0.15) is 26.3 Å². The van der Waals surface area contributed by atoms with Crippen LogP contribution in [0.3, 0.4) is 0 Å². The zero-order valence-corrected chi connectivity index (χ0v) is 20.7. The van der Waals surface area contributed by atoms with Gasteiger partial charge in [0.2, 0.25) is 0 Å². The van der Waals surface area contributed by atoms with Gasteiger partial charge >= 0.3 is 6.09 Å². The maximum Gasteiger partial charge on any atom is 0.410 e. The number of H-pyrrole nitrogens is 1. The first-order chi connectivity index (χ1) is 13.8. The molecule has 1 atom stereocenters. The van der Waals surface area contributed by atoms with Crippen molar-refractivity contribution in [3.05, 3.63) is 35.0 Å². The van der Waals surface area contributed by atoms with Gasteiger partial charge in [-0.15, -0.1) is 24.0 Å². The molecule has 30 heavy (non-hydrogen) atoms. The molecule has 3 heterocycles. The fourth-order valence-corrected chi connectivity index (χ4v) is 4.06. The van der Waals surface area contributed by atoms with Gasteiger partial charge in [0.05, 0.1) is 12.6 Å². The van der Waals surface area contributed by atoms with E-state index in [0.717, 1.165) is 41.4 Å². The average molecular weight is 546 g/mol. The van der Waals surface area contributed by atoms with E-state index >= 15 is 0 Å². The Labute approximate surface area is 199 Å². The molecular weight excluding hydrogens is 517 g/mol. The van der Waals surface area contributed by atoms with Gasteiger partial charge in [-0.05, 0) is 51.0 Å². The van der Waals surface area contributed by atoms with Crippen LogP contribution < -0.4 is 5.32 Å². The molecule has 2 aliphatic heterocycles. The molecule has 0 radical (unpaired) electrons. The van der Waals surface area contributed by atoms with E-state index in [4.69, 9.17) is 16.3 Å². The number of guanidine groups is 1. The number of aromatic amines is 1. The summed E-state index contributed by atoms with van der Waals surface area (Å²) in [6.45, 7) is 9.22. The van der Waals surface area contributed by atoms with Crippen molar-refractivity contribution in [1.29, 1.82) is 0 Å². The highest BCUT2D eigenvalue weighted by Crippen LogP contribution is 2.23. The van der Waals surface area contributed by atoms with Crippen molar-refractivity contribution in [2.45, 2.75) is 38.8 Å². The Morgan fingerprint density at radius 1 is 1.37 bits per heavy atom. The van der Waals surface area contributed by atoms with E-state index in [1.807, 2.05) is 45.2 Å². The Morgan fingerprint density at radius 3 is 2.93 bits per heavy atom. The molecule has 0 bridgehead atoms. The van der Waals surface area contributed by atoms with Gasteiger partial charge in [0, 0.05) is 48.3 Å². The van der Waals surface area contributed by atoms with Crippen LogP contribution in [0.15, 0.2) is 29.4 Å². The number of amides is 1. The van der Waals surface area contributed by atoms with Crippen LogP contribution in [0.5, 0.6) is 0 Å². The van der Waals surface area contributed by atoms with Crippen molar-refractivity contribution in [2.75, 3.05) is 32.7 Å². The lowest BCUT2D eigenvalue weighted by Crippen LogP contribution is -2.57. The van der Waals surface area contributed by atoms with Gasteiger partial charge in [-0.1, -0.05) is 11.6 Å². The first kappa shape index (κ1) is 23.0. The molecule has 1 aromatic carbocycles. The van der Waals surface area contributed by atoms with Gasteiger partial charge < -0.3 is 24.8 Å². The maximum absolute atomic E-state index is 12.3. The fraction of sp³-hybridized carbons (Fsp3) is 0.524. The first-order valence-corrected chi connectivity index (χ1v) is 10.5. The summed E-state index contributed by atoms with van der Waals surface area (Å²) in [6.07, 6.45) is 2.68. The molecule has 2 aromatic rings. The Morgan fingerprint density at radius 2 is 2.17 bits per heavy atom. The largest absolute Gasteiger partial charge is 0.444 e. The molecule has 1 saturated heterocycles. The zero-order chi connectivity index (χ0) is 20.6. The van der Waals surface area contributed by atoms with Crippen molar-refractivity contribution in [3.63, 3.8) is 0 Å². The van der Waals surface area contributed by atoms with Gasteiger partial charge in [0.25, 0.3) is 0 Å². The monoisotopic (exact) mass is 545 g/mol. The van der Waals surface area contributed by atoms with E-state index in [-0.39, 0.29) is 36.1 Å². The third-order valence-electron chi connectivity index (χ3n) is 5.27. The molecule has 0 spiro atoms. The quantitative estimate of drug-likeness (QED) is 0.575. The van der Waals surface area contributed by atoms with Crippen LogP contribution in [0.2, 0.25) is 5.02 Å². The summed E-state index contributed by atoms with van der Waals surface area (Å²) >= 11 is 6.14. The second-order valence-electron chi connectivity index (χ2n) is 8.62. The lowest BCUT2D eigenvalue weighted by Gasteiger charge is -2.39. The predicted octanol–water partition coefficient (Wildman–Crippen LogP) is 3.86. The van der Waals surface area contributed by atoms with E-state index in [9.17, 15) is 4.79 Å². The molecule has 1 unspecified atom stereocenters. The van der Waals surface area contributed by atoms with Gasteiger partial charge in [0.15, 0.2) is 5.96 Å². The molecule has 1 aromatic heterocycles. The average Bonchev–Trinajstić information content (AvgIpc) is 3.24. The van der Waals surface area contributed by atoms with Crippen molar-refractivity contribution in [3.8, 4) is 0 Å². The number of carbonyl (C=O) groups is 1. The lowest BCUT2D eigenvalue weighted by atomic mass is 10.1. The number of aromatic nitrogens is 1. The number of halogens is 2. The highest BCUT2D eigenvalue weighted by atomic mass is 127. The van der Waals surface area contributed by atoms with Gasteiger partial charge in [-0.3, -0.25) is 4.99 Å². The number of ether oxygens (including phenoxy) is 1. The molecule has 1 amide bonds. The van der Waals surface area contributed by atoms with Crippen LogP contribution in [-0.2, 0) is 11.2 Å². The molecule has 4 rings (SSSR count). The Bertz CT molecular complexity index is 939. The van der Waals surface area contributed by atoms with Crippen molar-refractivity contribution >= 4 is 58.5 Å². The normalized spacial score (nSPS) is 18.7. The van der Waals surface area contributed by atoms with E-state index in [2.05, 4.69) is 20.2 Å². The third kappa shape index (κ3) is 5.14. The highest BCUT2D eigenvalue weighted by molar-refractivity contribution is 14.0. The number of nitrogens with zero attached hydrogens (tertiary/aromatic N) is 3. The van der Waals surface area contributed by atoms with E-state index in [1.165, 1.54) is 5.56 Å². The zero-order valence-electron chi connectivity index (χ0n) is 17.6. The van der Waals surface area contributed by atoms with Crippen LogP contribution in [0, 0.1) is 0 Å². The number of hydrogen-bond acceptors (Lipinski definition) is 5. The Kier molecular flexibility index (Phi) is 7.06. The minimum absolute atomic E-state index is 0. The smallest absolute Gasteiger partial charge is 0.410 e. The van der Waals surface area contributed by atoms with Crippen LogP contribution in [0.25, 0.3) is 10.9 Å². The molecule has 2 N–H and O–H groups in total. The second-order valence-corrected chi connectivity index (χ2v) is 9.05. The highest BCUT2D eigenvalue weighted by Gasteiger charge is 2.36. The molecule has 7 nitrogen and oxygen atoms in total. The number of aliphatic imine (C=N–C) groups is 1. The molecule has 1 fully saturated rings. The van der Waals surface area contributed by atoms with E-state index < -0.39 is 5.60 Å². The number of rotatable bonds is 3. The molecule has 0 aliphatic carbocycles. The molecule has 2 aliphatic rings. The topological polar surface area (TPSA) is 73.0 Å². The summed E-state index contributed by atoms with van der Waals surface area (Å²) in [5, 5.41) is 5.39. The number of hydrogen-bond donors (Lipinski definition) is 2. The maximum atomic E-state index is 12.3. The van der Waals surface area contributed by atoms with Crippen LogP contribution >= 0.6 is 35.6 Å². The van der Waals surface area contributed by atoms with Gasteiger partial charge in [-0.2, -0.15) is 0 Å². The fourth-order valence-electron chi connectivity index (χ4n) is 3.89. The minimum atomic E-state index is -0.472. The Balaban J connectivity index is 0.00000256. The van der Waals surface area contributed by atoms with Crippen LogP contribution in [-0.4, -0.2) is 71.2 Å². The predicted molar refractivity (Wildman–Crippen MR) is 131 cm³/mol. The SMILES string of the molecule is CC(C)(C)OC(=O)N1CCN2C(NCCc3c[nH]c4ccc(Cl)cc34)=NCC2C1.I. The number of piperazine rings is 1. The molecule has 164 valence electrons. The Hall–Kier alpha value is -1.68. The lowest BCUT2D eigenvalue weighted by molar-refractivity contribution is 0.0137. The summed E-state index contributed by atoms with van der Waals surface area (Å²) in [5.74, 6) is 0.928. The molecule has 0 saturated carbocycles. The molecular formula is C21H29ClIN5O2. The first-order valence-electron chi connectivity index (χ1n) is 10.1. The summed E-state index contributed by atoms with van der Waals surface area (Å²) in [7, 11) is 0. The van der Waals surface area contributed by atoms with E-state index in [0.29, 0.717) is 19.6 Å². The van der Waals surface area contributed by atoms with E-state index in [1.54, 1.807) is 4.90 Å². The van der Waals surface area contributed by atoms with Gasteiger partial charge in [0.1, 0.15) is 5.60 Å². The van der Waals surface area contributed by atoms with Crippen molar-refractivity contribution in [1.82, 2.24) is 20.1 Å². The number of nitrogens with one attached hydrogen (secondary N) is 2. The van der Waals surface area contributed by atoms with Crippen LogP contribution in [0.4, 0.5) is 4.79 Å². The third-order valence-corrected chi connectivity index (χ3v) is 5.50. The standard InChI is InChI=1S/C21H28ClN5O2.HI/c1-21(2,3)29-20(28)26-8-9-27-16(13-26)12-25-19(27)23-7-6-14-11-24-18-5-4-15(22)10-17(14)18;/h4-5,10-11,16,24H,6-9,12-13H2,1-3H3,(H,23,25);1H. The second kappa shape index (κ2) is 9.21. The van der Waals surface area contributed by atoms with Gasteiger partial charge in [-0.25, -0.2) is 4.79 Å². The molecule has 9 heteroatoms.